The summed E-state index contributed by atoms with van der Waals surface area (Å²) < 4.78 is 0.896. The highest BCUT2D eigenvalue weighted by atomic mass is 16.4. The highest BCUT2D eigenvalue weighted by Gasteiger charge is 2.16. The van der Waals surface area contributed by atoms with Crippen LogP contribution in [0.4, 0.5) is 11.4 Å². The number of azo groups is 1. The molecule has 23 heavy (non-hydrogen) atoms. The monoisotopic (exact) mass is 312 g/mol. The number of rotatable bonds is 3. The molecule has 2 N–H and O–H groups in total. The molecule has 0 aliphatic carbocycles. The lowest BCUT2D eigenvalue weighted by atomic mass is 10.1. The maximum atomic E-state index is 12.1. The zero-order chi connectivity index (χ0) is 17.1. The van der Waals surface area contributed by atoms with Gasteiger partial charge in [0.05, 0.1) is 11.3 Å². The first kappa shape index (κ1) is 15.9. The molecule has 0 bridgehead atoms. The molecule has 0 saturated heterocycles. The number of benzene rings is 1. The van der Waals surface area contributed by atoms with Gasteiger partial charge in [-0.3, -0.25) is 9.36 Å². The third-order valence-electron chi connectivity index (χ3n) is 3.25. The second-order valence-electron chi connectivity index (χ2n) is 4.70. The van der Waals surface area contributed by atoms with Crippen LogP contribution < -0.4 is 5.56 Å². The van der Waals surface area contributed by atoms with Crippen molar-refractivity contribution in [1.82, 2.24) is 4.57 Å². The average Bonchev–Trinajstić information content (AvgIpc) is 2.53. The van der Waals surface area contributed by atoms with Gasteiger partial charge < -0.3 is 10.2 Å². The Hall–Kier alpha value is -3.47. The number of aromatic nitrogens is 1. The zero-order valence-corrected chi connectivity index (χ0v) is 12.3. The molecule has 1 heterocycles. The van der Waals surface area contributed by atoms with Crippen LogP contribution in [0.1, 0.15) is 21.5 Å². The van der Waals surface area contributed by atoms with Gasteiger partial charge in [0, 0.05) is 12.6 Å². The number of hydrogen-bond acceptors (Lipinski definition) is 6. The molecule has 0 atom stereocenters. The first-order valence-electron chi connectivity index (χ1n) is 6.44. The van der Waals surface area contributed by atoms with Gasteiger partial charge in [-0.1, -0.05) is 6.07 Å². The minimum absolute atomic E-state index is 0.0366. The summed E-state index contributed by atoms with van der Waals surface area (Å²) in [5.41, 5.74) is -0.293. The fraction of sp³-hybridized carbons (Fsp3) is 0.133. The van der Waals surface area contributed by atoms with Gasteiger partial charge in [-0.25, -0.2) is 4.79 Å². The minimum atomic E-state index is -1.11. The van der Waals surface area contributed by atoms with Gasteiger partial charge in [-0.05, 0) is 25.1 Å². The Morgan fingerprint density at radius 1 is 1.35 bits per heavy atom. The van der Waals surface area contributed by atoms with E-state index in [2.05, 4.69) is 10.2 Å². The van der Waals surface area contributed by atoms with Crippen molar-refractivity contribution in [3.63, 3.8) is 0 Å². The summed E-state index contributed by atoms with van der Waals surface area (Å²) in [5, 5.41) is 35.4. The third kappa shape index (κ3) is 2.94. The van der Waals surface area contributed by atoms with E-state index in [0.29, 0.717) is 0 Å². The Bertz CT molecular complexity index is 922. The molecule has 0 aliphatic rings. The van der Waals surface area contributed by atoms with Crippen molar-refractivity contribution in [3.8, 4) is 11.9 Å². The largest absolute Gasteiger partial charge is 0.493 e. The molecule has 0 fully saturated rings. The van der Waals surface area contributed by atoms with E-state index in [1.54, 1.807) is 6.07 Å². The summed E-state index contributed by atoms with van der Waals surface area (Å²) in [4.78, 5) is 23.0. The van der Waals surface area contributed by atoms with Gasteiger partial charge in [-0.2, -0.15) is 10.4 Å². The van der Waals surface area contributed by atoms with E-state index in [1.807, 2.05) is 0 Å². The van der Waals surface area contributed by atoms with Crippen molar-refractivity contribution in [2.75, 3.05) is 0 Å². The summed E-state index contributed by atoms with van der Waals surface area (Å²) in [5.74, 6) is -1.55. The predicted molar refractivity (Wildman–Crippen MR) is 80.4 cm³/mol. The van der Waals surface area contributed by atoms with Gasteiger partial charge in [0.1, 0.15) is 11.6 Å². The number of hydrogen-bond donors (Lipinski definition) is 2. The Morgan fingerprint density at radius 3 is 2.65 bits per heavy atom. The van der Waals surface area contributed by atoms with Crippen molar-refractivity contribution in [2.45, 2.75) is 6.92 Å². The Balaban J connectivity index is 2.55. The van der Waals surface area contributed by atoms with Gasteiger partial charge in [0.25, 0.3) is 5.56 Å². The molecular weight excluding hydrogens is 300 g/mol. The predicted octanol–water partition coefficient (Wildman–Crippen LogP) is 2.38. The molecule has 8 heteroatoms. The van der Waals surface area contributed by atoms with E-state index < -0.39 is 17.4 Å². The van der Waals surface area contributed by atoms with Gasteiger partial charge in [0.15, 0.2) is 5.69 Å². The van der Waals surface area contributed by atoms with Crippen LogP contribution in [-0.2, 0) is 7.05 Å². The van der Waals surface area contributed by atoms with Crippen LogP contribution in [0.3, 0.4) is 0 Å². The van der Waals surface area contributed by atoms with Crippen LogP contribution >= 0.6 is 0 Å². The Kier molecular flexibility index (Phi) is 4.23. The van der Waals surface area contributed by atoms with E-state index >= 15 is 0 Å². The lowest BCUT2D eigenvalue weighted by Gasteiger charge is -2.08. The molecular formula is C15H12N4O4. The van der Waals surface area contributed by atoms with E-state index in [0.717, 1.165) is 4.57 Å². The van der Waals surface area contributed by atoms with Crippen LogP contribution in [0.15, 0.2) is 39.3 Å². The van der Waals surface area contributed by atoms with E-state index in [-0.39, 0.29) is 28.1 Å². The Labute approximate surface area is 130 Å². The summed E-state index contributed by atoms with van der Waals surface area (Å²) in [6, 6.07) is 7.54. The van der Waals surface area contributed by atoms with Crippen LogP contribution in [0.25, 0.3) is 0 Å². The SMILES string of the molecule is Cc1c(C#N)c(O)n(C)c(=O)c1N=Nc1cccc(C(=O)O)c1. The highest BCUT2D eigenvalue weighted by molar-refractivity contribution is 5.88. The lowest BCUT2D eigenvalue weighted by molar-refractivity contribution is 0.0697. The second-order valence-corrected chi connectivity index (χ2v) is 4.70. The van der Waals surface area contributed by atoms with E-state index in [9.17, 15) is 14.7 Å². The maximum absolute atomic E-state index is 12.1. The molecule has 1 aromatic heterocycles. The second kappa shape index (κ2) is 6.11. The Morgan fingerprint density at radius 2 is 2.04 bits per heavy atom. The average molecular weight is 312 g/mol. The first-order chi connectivity index (χ1) is 10.9. The first-order valence-corrected chi connectivity index (χ1v) is 6.44. The standard InChI is InChI=1S/C15H12N4O4/c1-8-11(7-16)13(20)19(2)14(21)12(8)18-17-10-5-3-4-9(6-10)15(22)23/h3-6,20H,1-2H3,(H,22,23). The van der Waals surface area contributed by atoms with Gasteiger partial charge >= 0.3 is 5.97 Å². The molecule has 116 valence electrons. The molecule has 0 unspecified atom stereocenters. The van der Waals surface area contributed by atoms with Crippen molar-refractivity contribution in [2.24, 2.45) is 17.3 Å². The maximum Gasteiger partial charge on any atom is 0.335 e. The molecule has 0 aliphatic heterocycles. The molecule has 0 saturated carbocycles. The summed E-state index contributed by atoms with van der Waals surface area (Å²) in [7, 11) is 1.31. The molecule has 0 spiro atoms. The fourth-order valence-corrected chi connectivity index (χ4v) is 1.93. The minimum Gasteiger partial charge on any atom is -0.493 e. The number of nitrogens with zero attached hydrogens (tertiary/aromatic N) is 4. The van der Waals surface area contributed by atoms with Crippen molar-refractivity contribution in [3.05, 3.63) is 51.3 Å². The number of nitriles is 1. The molecule has 8 nitrogen and oxygen atoms in total. The fourth-order valence-electron chi connectivity index (χ4n) is 1.93. The van der Waals surface area contributed by atoms with E-state index in [1.165, 1.54) is 38.2 Å². The zero-order valence-electron chi connectivity index (χ0n) is 12.3. The van der Waals surface area contributed by atoms with Crippen molar-refractivity contribution < 1.29 is 15.0 Å². The number of carboxylic acid groups (broad SMARTS) is 1. The number of carbonyl (C=O) groups is 1. The van der Waals surface area contributed by atoms with Gasteiger partial charge in [-0.15, -0.1) is 5.11 Å². The van der Waals surface area contributed by atoms with Crippen molar-refractivity contribution >= 4 is 17.3 Å². The van der Waals surface area contributed by atoms with Gasteiger partial charge in [0.2, 0.25) is 5.88 Å². The number of aromatic hydroxyl groups is 1. The smallest absolute Gasteiger partial charge is 0.335 e. The number of carboxylic acids is 1. The van der Waals surface area contributed by atoms with Crippen LogP contribution in [0.2, 0.25) is 0 Å². The highest BCUT2D eigenvalue weighted by Crippen LogP contribution is 2.26. The molecule has 0 radical (unpaired) electrons. The van der Waals surface area contributed by atoms with Crippen LogP contribution in [-0.4, -0.2) is 20.7 Å². The normalized spacial score (nSPS) is 10.7. The quantitative estimate of drug-likeness (QED) is 0.841. The van der Waals surface area contributed by atoms with Crippen LogP contribution in [0, 0.1) is 18.3 Å². The summed E-state index contributed by atoms with van der Waals surface area (Å²) in [6.07, 6.45) is 0. The molecule has 2 aromatic rings. The van der Waals surface area contributed by atoms with Crippen LogP contribution in [0.5, 0.6) is 5.88 Å². The number of aromatic carboxylic acids is 1. The number of pyridine rings is 1. The topological polar surface area (TPSA) is 128 Å². The van der Waals surface area contributed by atoms with Crippen molar-refractivity contribution in [1.29, 1.82) is 5.26 Å². The lowest BCUT2D eigenvalue weighted by Crippen LogP contribution is -2.18. The van der Waals surface area contributed by atoms with E-state index in [4.69, 9.17) is 10.4 Å². The summed E-state index contributed by atoms with van der Waals surface area (Å²) in [6.45, 7) is 1.47. The summed E-state index contributed by atoms with van der Waals surface area (Å²) >= 11 is 0. The third-order valence-corrected chi connectivity index (χ3v) is 3.25. The molecule has 0 amide bonds. The molecule has 1 aromatic carbocycles. The molecule has 2 rings (SSSR count).